The highest BCUT2D eigenvalue weighted by Gasteiger charge is 2.29. The lowest BCUT2D eigenvalue weighted by Gasteiger charge is -2.27. The van der Waals surface area contributed by atoms with E-state index < -0.39 is 0 Å². The Kier molecular flexibility index (Phi) is 5.11. The number of rotatable bonds is 5. The van der Waals surface area contributed by atoms with E-state index in [1.165, 1.54) is 16.8 Å². The molecule has 5 heteroatoms. The summed E-state index contributed by atoms with van der Waals surface area (Å²) in [5.41, 5.74) is 4.75. The summed E-state index contributed by atoms with van der Waals surface area (Å²) >= 11 is 0. The third-order valence-corrected chi connectivity index (χ3v) is 6.00. The number of nitrogens with one attached hydrogen (secondary N) is 1. The van der Waals surface area contributed by atoms with Gasteiger partial charge in [-0.1, -0.05) is 42.5 Å². The average Bonchev–Trinajstić information content (AvgIpc) is 3.44. The summed E-state index contributed by atoms with van der Waals surface area (Å²) in [5, 5.41) is 0. The zero-order chi connectivity index (χ0) is 20.3. The van der Waals surface area contributed by atoms with Crippen LogP contribution in [-0.4, -0.2) is 40.6 Å². The van der Waals surface area contributed by atoms with Crippen molar-refractivity contribution in [3.05, 3.63) is 101 Å². The van der Waals surface area contributed by atoms with Gasteiger partial charge in [0.2, 0.25) is 0 Å². The fourth-order valence-electron chi connectivity index (χ4n) is 4.37. The predicted molar refractivity (Wildman–Crippen MR) is 121 cm³/mol. The molecule has 2 aliphatic rings. The molecule has 0 unspecified atom stereocenters. The standard InChI is InChI=1S/C25H26N4O/c30-25-10-12-26-22(16-25)17-27-13-11-24(18-27)29-15-14-28(19-29)23-8-6-21(7-9-23)20-4-2-1-3-5-20/h1-10,12,14-16,24H,11,13,17-19H2,(H,26,30)/t24-/m0/s1. The highest BCUT2D eigenvalue weighted by molar-refractivity contribution is 5.66. The molecule has 30 heavy (non-hydrogen) atoms. The van der Waals surface area contributed by atoms with Crippen LogP contribution in [0.25, 0.3) is 11.1 Å². The van der Waals surface area contributed by atoms with E-state index in [2.05, 4.69) is 80.6 Å². The van der Waals surface area contributed by atoms with E-state index in [0.29, 0.717) is 6.04 Å². The van der Waals surface area contributed by atoms with Crippen molar-refractivity contribution in [3.8, 4) is 11.1 Å². The van der Waals surface area contributed by atoms with Crippen molar-refractivity contribution >= 4 is 5.69 Å². The van der Waals surface area contributed by atoms with Gasteiger partial charge >= 0.3 is 0 Å². The molecule has 2 aromatic carbocycles. The van der Waals surface area contributed by atoms with Gasteiger partial charge in [-0.3, -0.25) is 9.69 Å². The fourth-order valence-corrected chi connectivity index (χ4v) is 4.37. The molecule has 0 radical (unpaired) electrons. The van der Waals surface area contributed by atoms with Gasteiger partial charge in [-0.15, -0.1) is 0 Å². The Balaban J connectivity index is 1.18. The van der Waals surface area contributed by atoms with Gasteiger partial charge in [-0.25, -0.2) is 0 Å². The third kappa shape index (κ3) is 4.02. The van der Waals surface area contributed by atoms with Crippen LogP contribution in [0.4, 0.5) is 5.69 Å². The number of hydrogen-bond donors (Lipinski definition) is 1. The first-order valence-electron chi connectivity index (χ1n) is 10.5. The molecule has 152 valence electrons. The first kappa shape index (κ1) is 18.7. The van der Waals surface area contributed by atoms with Crippen molar-refractivity contribution in [1.29, 1.82) is 0 Å². The van der Waals surface area contributed by atoms with E-state index >= 15 is 0 Å². The van der Waals surface area contributed by atoms with E-state index in [9.17, 15) is 4.79 Å². The quantitative estimate of drug-likeness (QED) is 0.709. The van der Waals surface area contributed by atoms with Gasteiger partial charge in [-0.05, 0) is 29.7 Å². The Morgan fingerprint density at radius 2 is 1.73 bits per heavy atom. The van der Waals surface area contributed by atoms with Crippen molar-refractivity contribution in [2.45, 2.75) is 19.0 Å². The first-order chi connectivity index (χ1) is 14.7. The van der Waals surface area contributed by atoms with Crippen LogP contribution in [-0.2, 0) is 6.54 Å². The Labute approximate surface area is 176 Å². The normalized spacial score (nSPS) is 19.0. The summed E-state index contributed by atoms with van der Waals surface area (Å²) in [6.07, 6.45) is 7.26. The highest BCUT2D eigenvalue weighted by atomic mass is 16.1. The molecule has 1 fully saturated rings. The lowest BCUT2D eigenvalue weighted by atomic mass is 10.1. The molecule has 1 aromatic heterocycles. The van der Waals surface area contributed by atoms with E-state index in [0.717, 1.165) is 38.4 Å². The SMILES string of the molecule is O=c1cc[nH]c(CN2CC[C@H](N3C=CN(c4ccc(-c5ccccc5)cc4)C3)C2)c1. The van der Waals surface area contributed by atoms with Crippen LogP contribution in [0.15, 0.2) is 90.1 Å². The second-order valence-corrected chi connectivity index (χ2v) is 8.06. The van der Waals surface area contributed by atoms with Gasteiger partial charge in [0.1, 0.15) is 0 Å². The number of benzene rings is 2. The number of likely N-dealkylation sites (tertiary alicyclic amines) is 1. The van der Waals surface area contributed by atoms with Gasteiger partial charge in [0.05, 0.1) is 6.67 Å². The second-order valence-electron chi connectivity index (χ2n) is 8.06. The summed E-state index contributed by atoms with van der Waals surface area (Å²) < 4.78 is 0. The summed E-state index contributed by atoms with van der Waals surface area (Å²) in [6, 6.07) is 23.0. The minimum absolute atomic E-state index is 0.0656. The zero-order valence-corrected chi connectivity index (χ0v) is 16.9. The maximum atomic E-state index is 11.5. The molecule has 3 aromatic rings. The Morgan fingerprint density at radius 3 is 2.53 bits per heavy atom. The largest absolute Gasteiger partial charge is 0.364 e. The van der Waals surface area contributed by atoms with Crippen LogP contribution < -0.4 is 10.3 Å². The van der Waals surface area contributed by atoms with Gasteiger partial charge in [0.25, 0.3) is 0 Å². The molecule has 0 spiro atoms. The molecule has 0 aliphatic carbocycles. The molecule has 5 nitrogen and oxygen atoms in total. The molecular weight excluding hydrogens is 372 g/mol. The molecule has 0 amide bonds. The van der Waals surface area contributed by atoms with Crippen LogP contribution in [0.5, 0.6) is 0 Å². The minimum Gasteiger partial charge on any atom is -0.364 e. The molecule has 0 bridgehead atoms. The molecule has 1 N–H and O–H groups in total. The summed E-state index contributed by atoms with van der Waals surface area (Å²) in [6.45, 7) is 3.75. The van der Waals surface area contributed by atoms with Gasteiger partial charge in [-0.2, -0.15) is 0 Å². The topological polar surface area (TPSA) is 42.6 Å². The van der Waals surface area contributed by atoms with Crippen LogP contribution in [0.1, 0.15) is 12.1 Å². The maximum Gasteiger partial charge on any atom is 0.181 e. The number of aromatic amines is 1. The molecule has 5 rings (SSSR count). The van der Waals surface area contributed by atoms with Crippen molar-refractivity contribution in [1.82, 2.24) is 14.8 Å². The third-order valence-electron chi connectivity index (χ3n) is 6.00. The smallest absolute Gasteiger partial charge is 0.181 e. The number of hydrogen-bond acceptors (Lipinski definition) is 4. The van der Waals surface area contributed by atoms with Gasteiger partial charge < -0.3 is 14.8 Å². The molecular formula is C25H26N4O. The Morgan fingerprint density at radius 1 is 0.933 bits per heavy atom. The lowest BCUT2D eigenvalue weighted by molar-refractivity contribution is 0.265. The van der Waals surface area contributed by atoms with E-state index in [4.69, 9.17) is 0 Å². The number of H-pyrrole nitrogens is 1. The van der Waals surface area contributed by atoms with Crippen molar-refractivity contribution in [2.75, 3.05) is 24.7 Å². The predicted octanol–water partition coefficient (Wildman–Crippen LogP) is 3.87. The molecule has 1 saturated heterocycles. The summed E-state index contributed by atoms with van der Waals surface area (Å²) in [4.78, 5) is 21.9. The maximum absolute atomic E-state index is 11.5. The van der Waals surface area contributed by atoms with Crippen molar-refractivity contribution in [2.24, 2.45) is 0 Å². The van der Waals surface area contributed by atoms with Gasteiger partial charge in [0, 0.05) is 67.8 Å². The number of aromatic nitrogens is 1. The Hall–Kier alpha value is -3.31. The zero-order valence-electron chi connectivity index (χ0n) is 16.9. The van der Waals surface area contributed by atoms with Gasteiger partial charge in [0.15, 0.2) is 5.43 Å². The molecule has 0 saturated carbocycles. The highest BCUT2D eigenvalue weighted by Crippen LogP contribution is 2.27. The van der Waals surface area contributed by atoms with Crippen LogP contribution in [0.2, 0.25) is 0 Å². The average molecular weight is 399 g/mol. The fraction of sp³-hybridized carbons (Fsp3) is 0.240. The summed E-state index contributed by atoms with van der Waals surface area (Å²) in [5.74, 6) is 0. The number of pyridine rings is 1. The lowest BCUT2D eigenvalue weighted by Crippen LogP contribution is -2.36. The van der Waals surface area contributed by atoms with Crippen LogP contribution in [0, 0.1) is 0 Å². The molecule has 1 atom stereocenters. The van der Waals surface area contributed by atoms with Crippen LogP contribution >= 0.6 is 0 Å². The number of nitrogens with zero attached hydrogens (tertiary/aromatic N) is 3. The summed E-state index contributed by atoms with van der Waals surface area (Å²) in [7, 11) is 0. The van der Waals surface area contributed by atoms with Crippen LogP contribution in [0.3, 0.4) is 0 Å². The second kappa shape index (κ2) is 8.20. The van der Waals surface area contributed by atoms with Crippen molar-refractivity contribution < 1.29 is 0 Å². The monoisotopic (exact) mass is 398 g/mol. The number of anilines is 1. The van der Waals surface area contributed by atoms with E-state index in [1.807, 2.05) is 6.07 Å². The molecule has 3 heterocycles. The first-order valence-corrected chi connectivity index (χ1v) is 10.5. The Bertz CT molecular complexity index is 1070. The molecule has 2 aliphatic heterocycles. The van der Waals surface area contributed by atoms with E-state index in [1.54, 1.807) is 18.3 Å². The minimum atomic E-state index is 0.0656. The van der Waals surface area contributed by atoms with Crippen molar-refractivity contribution in [3.63, 3.8) is 0 Å². The van der Waals surface area contributed by atoms with E-state index in [-0.39, 0.29) is 5.43 Å².